The summed E-state index contributed by atoms with van der Waals surface area (Å²) in [4.78, 5) is 14.6. The Kier molecular flexibility index (Phi) is 6.25. The van der Waals surface area contributed by atoms with Crippen molar-refractivity contribution in [2.45, 2.75) is 51.0 Å². The van der Waals surface area contributed by atoms with Gasteiger partial charge in [0.05, 0.1) is 0 Å². The number of rotatable bonds is 9. The summed E-state index contributed by atoms with van der Waals surface area (Å²) in [5.74, 6) is 0.129. The van der Waals surface area contributed by atoms with Crippen LogP contribution in [0.4, 0.5) is 4.79 Å². The van der Waals surface area contributed by atoms with Crippen LogP contribution in [0, 0.1) is 11.8 Å². The van der Waals surface area contributed by atoms with Crippen molar-refractivity contribution in [1.29, 1.82) is 0 Å². The summed E-state index contributed by atoms with van der Waals surface area (Å²) in [6, 6.07) is 0. The third-order valence-corrected chi connectivity index (χ3v) is 6.25. The maximum Gasteiger partial charge on any atom is 0.407 e. The lowest BCUT2D eigenvalue weighted by Gasteiger charge is -2.54. The van der Waals surface area contributed by atoms with E-state index >= 15 is 0 Å². The minimum atomic E-state index is -0.621. The van der Waals surface area contributed by atoms with Crippen LogP contribution in [0.3, 0.4) is 0 Å². The van der Waals surface area contributed by atoms with Gasteiger partial charge in [0.1, 0.15) is 11.7 Å². The summed E-state index contributed by atoms with van der Waals surface area (Å²) in [5.41, 5.74) is 0.299. The Morgan fingerprint density at radius 3 is 2.81 bits per heavy atom. The SMILES string of the molecule is C=CCNC(=O)O[C@@H]1CC2C(=C)C3OC(OC)C2C1(CCN(CC)CC)O3. The highest BCUT2D eigenvalue weighted by Crippen LogP contribution is 2.60. The van der Waals surface area contributed by atoms with E-state index in [4.69, 9.17) is 18.9 Å². The van der Waals surface area contributed by atoms with Gasteiger partial charge >= 0.3 is 6.09 Å². The van der Waals surface area contributed by atoms with Crippen LogP contribution in [-0.4, -0.2) is 68.6 Å². The van der Waals surface area contributed by atoms with Crippen LogP contribution in [0.25, 0.3) is 0 Å². The number of carbonyl (C=O) groups excluding carboxylic acids is 1. The Hall–Kier alpha value is -1.41. The molecule has 3 saturated heterocycles. The van der Waals surface area contributed by atoms with Crippen molar-refractivity contribution < 1.29 is 23.7 Å². The number of amides is 1. The third kappa shape index (κ3) is 3.53. The van der Waals surface area contributed by atoms with E-state index in [2.05, 4.69) is 37.2 Å². The standard InChI is InChI=1S/C20H32N2O5/c1-6-10-21-19(23)25-15-12-14-13(4)17-26-18(24-5)16(14)20(15,27-17)9-11-22(7-2)8-3/h6,14-18H,1,4,7-12H2,2-3,5H3,(H,21,23)/t14?,15-,16?,17?,18?,20?/m1/s1. The van der Waals surface area contributed by atoms with Crippen molar-refractivity contribution in [1.82, 2.24) is 10.2 Å². The molecular weight excluding hydrogens is 348 g/mol. The Balaban J connectivity index is 1.85. The van der Waals surface area contributed by atoms with Gasteiger partial charge in [0, 0.05) is 26.1 Å². The van der Waals surface area contributed by atoms with Crippen molar-refractivity contribution in [2.24, 2.45) is 11.8 Å². The van der Waals surface area contributed by atoms with Crippen molar-refractivity contribution >= 4 is 6.09 Å². The lowest BCUT2D eigenvalue weighted by atomic mass is 9.75. The zero-order chi connectivity index (χ0) is 19.6. The van der Waals surface area contributed by atoms with E-state index < -0.39 is 18.0 Å². The van der Waals surface area contributed by atoms with Crippen molar-refractivity contribution in [3.8, 4) is 0 Å². The molecule has 7 heteroatoms. The monoisotopic (exact) mass is 380 g/mol. The molecule has 3 aliphatic heterocycles. The van der Waals surface area contributed by atoms with Gasteiger partial charge < -0.3 is 29.2 Å². The fourth-order valence-corrected chi connectivity index (χ4v) is 4.80. The lowest BCUT2D eigenvalue weighted by molar-refractivity contribution is -0.374. The fraction of sp³-hybridized carbons (Fsp3) is 0.750. The third-order valence-electron chi connectivity index (χ3n) is 6.25. The highest BCUT2D eigenvalue weighted by Gasteiger charge is 2.69. The Labute approximate surface area is 161 Å². The van der Waals surface area contributed by atoms with Gasteiger partial charge in [0.25, 0.3) is 0 Å². The maximum atomic E-state index is 12.2. The van der Waals surface area contributed by atoms with Crippen LogP contribution in [0.15, 0.2) is 24.8 Å². The summed E-state index contributed by atoms with van der Waals surface area (Å²) < 4.78 is 23.8. The normalized spacial score (nSPS) is 36.9. The summed E-state index contributed by atoms with van der Waals surface area (Å²) in [7, 11) is 1.65. The molecule has 1 aliphatic carbocycles. The van der Waals surface area contributed by atoms with Crippen LogP contribution in [0.1, 0.15) is 26.7 Å². The summed E-state index contributed by atoms with van der Waals surface area (Å²) >= 11 is 0. The minimum Gasteiger partial charge on any atom is -0.443 e. The predicted molar refractivity (Wildman–Crippen MR) is 101 cm³/mol. The first-order valence-electron chi connectivity index (χ1n) is 9.83. The van der Waals surface area contributed by atoms with Crippen LogP contribution < -0.4 is 5.32 Å². The minimum absolute atomic E-state index is 0.0345. The number of methoxy groups -OCH3 is 1. The summed E-state index contributed by atoms with van der Waals surface area (Å²) in [6.45, 7) is 15.2. The quantitative estimate of drug-likeness (QED) is 0.619. The molecular formula is C20H32N2O5. The Bertz CT molecular complexity index is 579. The first-order chi connectivity index (χ1) is 13.0. The second kappa shape index (κ2) is 8.31. The summed E-state index contributed by atoms with van der Waals surface area (Å²) in [6.07, 6.45) is 1.36. The molecule has 0 aromatic carbocycles. The maximum absolute atomic E-state index is 12.2. The van der Waals surface area contributed by atoms with Gasteiger partial charge in [-0.25, -0.2) is 4.79 Å². The molecule has 5 unspecified atom stereocenters. The van der Waals surface area contributed by atoms with E-state index in [1.54, 1.807) is 13.2 Å². The first kappa shape index (κ1) is 20.3. The number of alkyl carbamates (subject to hydrolysis) is 1. The van der Waals surface area contributed by atoms with Crippen LogP contribution in [0.5, 0.6) is 0 Å². The molecule has 4 rings (SSSR count). The number of hydrogen-bond donors (Lipinski definition) is 1. The van der Waals surface area contributed by atoms with Crippen LogP contribution >= 0.6 is 0 Å². The molecule has 1 N–H and O–H groups in total. The van der Waals surface area contributed by atoms with Gasteiger partial charge in [-0.3, -0.25) is 0 Å². The molecule has 0 radical (unpaired) electrons. The zero-order valence-electron chi connectivity index (χ0n) is 16.6. The smallest absolute Gasteiger partial charge is 0.407 e. The number of ether oxygens (including phenoxy) is 4. The number of nitrogens with one attached hydrogen (secondary N) is 1. The molecule has 4 aliphatic rings. The second-order valence-corrected chi connectivity index (χ2v) is 7.43. The molecule has 1 amide bonds. The number of nitrogens with zero attached hydrogens (tertiary/aromatic N) is 1. The number of carbonyl (C=O) groups is 1. The topological polar surface area (TPSA) is 69.3 Å². The van der Waals surface area contributed by atoms with Gasteiger partial charge in [0.15, 0.2) is 12.6 Å². The lowest BCUT2D eigenvalue weighted by Crippen LogP contribution is -2.64. The van der Waals surface area contributed by atoms with Crippen LogP contribution in [-0.2, 0) is 18.9 Å². The molecule has 0 aromatic rings. The van der Waals surface area contributed by atoms with Crippen molar-refractivity contribution in [2.75, 3.05) is 33.3 Å². The average Bonchev–Trinajstić information content (AvgIpc) is 2.95. The molecule has 7 nitrogen and oxygen atoms in total. The van der Waals surface area contributed by atoms with Gasteiger partial charge in [-0.15, -0.1) is 6.58 Å². The summed E-state index contributed by atoms with van der Waals surface area (Å²) in [5, 5.41) is 2.69. The van der Waals surface area contributed by atoms with Gasteiger partial charge in [-0.1, -0.05) is 26.5 Å². The van der Waals surface area contributed by atoms with E-state index in [0.717, 1.165) is 31.6 Å². The van der Waals surface area contributed by atoms with Gasteiger partial charge in [0.2, 0.25) is 0 Å². The van der Waals surface area contributed by atoms with Crippen molar-refractivity contribution in [3.05, 3.63) is 24.8 Å². The molecule has 4 fully saturated rings. The molecule has 0 aromatic heterocycles. The molecule has 6 atom stereocenters. The van der Waals surface area contributed by atoms with E-state index in [-0.39, 0.29) is 24.2 Å². The number of fused-ring (bicyclic) bond motifs is 1. The largest absolute Gasteiger partial charge is 0.443 e. The number of hydrogen-bond acceptors (Lipinski definition) is 6. The van der Waals surface area contributed by atoms with E-state index in [9.17, 15) is 4.79 Å². The highest BCUT2D eigenvalue weighted by atomic mass is 16.8. The zero-order valence-corrected chi connectivity index (χ0v) is 16.6. The molecule has 3 heterocycles. The van der Waals surface area contributed by atoms with E-state index in [1.807, 2.05) is 0 Å². The average molecular weight is 380 g/mol. The molecule has 27 heavy (non-hydrogen) atoms. The second-order valence-electron chi connectivity index (χ2n) is 7.43. The highest BCUT2D eigenvalue weighted by molar-refractivity contribution is 5.67. The first-order valence-corrected chi connectivity index (χ1v) is 9.83. The Morgan fingerprint density at radius 2 is 2.19 bits per heavy atom. The fourth-order valence-electron chi connectivity index (χ4n) is 4.80. The molecule has 1 saturated carbocycles. The van der Waals surface area contributed by atoms with Crippen LogP contribution in [0.2, 0.25) is 0 Å². The van der Waals surface area contributed by atoms with Gasteiger partial charge in [-0.2, -0.15) is 0 Å². The molecule has 152 valence electrons. The van der Waals surface area contributed by atoms with E-state index in [0.29, 0.717) is 13.0 Å². The predicted octanol–water partition coefficient (Wildman–Crippen LogP) is 2.29. The molecule has 0 spiro atoms. The Morgan fingerprint density at radius 1 is 1.44 bits per heavy atom. The van der Waals surface area contributed by atoms with Crippen molar-refractivity contribution in [3.63, 3.8) is 0 Å². The van der Waals surface area contributed by atoms with E-state index in [1.165, 1.54) is 0 Å². The molecule has 4 bridgehead atoms. The van der Waals surface area contributed by atoms with Gasteiger partial charge in [-0.05, 0) is 37.4 Å².